The van der Waals surface area contributed by atoms with Crippen LogP contribution in [0.1, 0.15) is 24.8 Å². The third kappa shape index (κ3) is 4.06. The van der Waals surface area contributed by atoms with E-state index in [0.29, 0.717) is 44.5 Å². The molecule has 1 aromatic carbocycles. The number of hydrogen-bond acceptors (Lipinski definition) is 8. The minimum absolute atomic E-state index is 0.122. The predicted octanol–water partition coefficient (Wildman–Crippen LogP) is 3.58. The molecule has 2 aromatic rings. The maximum absolute atomic E-state index is 13.0. The third-order valence-electron chi connectivity index (χ3n) is 4.27. The normalized spacial score (nSPS) is 17.0. The Morgan fingerprint density at radius 2 is 2.07 bits per heavy atom. The van der Waals surface area contributed by atoms with Crippen LogP contribution in [0.5, 0.6) is 0 Å². The van der Waals surface area contributed by atoms with Gasteiger partial charge in [0.05, 0.1) is 21.6 Å². The lowest BCUT2D eigenvalue weighted by molar-refractivity contribution is -0.383. The third-order valence-corrected chi connectivity index (χ3v) is 5.43. The zero-order valence-corrected chi connectivity index (χ0v) is 15.5. The molecule has 0 aliphatic carbocycles. The van der Waals surface area contributed by atoms with Gasteiger partial charge in [-0.3, -0.25) is 14.9 Å². The maximum atomic E-state index is 13.0. The Hall–Kier alpha value is -2.76. The number of nitro benzene ring substituents is 1. The Morgan fingerprint density at radius 1 is 1.32 bits per heavy atom. The van der Waals surface area contributed by atoms with E-state index in [1.165, 1.54) is 7.11 Å². The van der Waals surface area contributed by atoms with E-state index in [9.17, 15) is 28.1 Å². The first-order chi connectivity index (χ1) is 13.2. The van der Waals surface area contributed by atoms with E-state index in [4.69, 9.17) is 4.84 Å². The summed E-state index contributed by atoms with van der Waals surface area (Å²) in [6, 6.07) is 1.07. The number of non-ortho nitro benzene ring substituents is 1. The van der Waals surface area contributed by atoms with Gasteiger partial charge in [-0.05, 0) is 18.9 Å². The molecule has 0 radical (unpaired) electrons. The van der Waals surface area contributed by atoms with Crippen molar-refractivity contribution in [3.05, 3.63) is 38.2 Å². The molecule has 12 heteroatoms. The minimum atomic E-state index is -4.81. The predicted molar refractivity (Wildman–Crippen MR) is 98.1 cm³/mol. The van der Waals surface area contributed by atoms with Crippen LogP contribution in [0.15, 0.2) is 22.1 Å². The van der Waals surface area contributed by atoms with Crippen LogP contribution >= 0.6 is 11.3 Å². The van der Waals surface area contributed by atoms with Gasteiger partial charge >= 0.3 is 6.18 Å². The number of aromatic nitrogens is 1. The Labute approximate surface area is 160 Å². The monoisotopic (exact) mass is 416 g/mol. The fraction of sp³-hybridized carbons (Fsp3) is 0.438. The summed E-state index contributed by atoms with van der Waals surface area (Å²) in [6.07, 6.45) is -2.85. The summed E-state index contributed by atoms with van der Waals surface area (Å²) in [4.78, 5) is 33.3. The van der Waals surface area contributed by atoms with Crippen molar-refractivity contribution < 1.29 is 22.9 Å². The van der Waals surface area contributed by atoms with E-state index in [1.807, 2.05) is 0 Å². The van der Waals surface area contributed by atoms with E-state index >= 15 is 0 Å². The molecule has 0 spiro atoms. The molecule has 8 nitrogen and oxygen atoms in total. The Bertz CT molecular complexity index is 1010. The van der Waals surface area contributed by atoms with Gasteiger partial charge in [-0.25, -0.2) is 0 Å². The fourth-order valence-corrected chi connectivity index (χ4v) is 4.08. The lowest BCUT2D eigenvalue weighted by Crippen LogP contribution is -2.26. The van der Waals surface area contributed by atoms with Crippen molar-refractivity contribution in [2.75, 3.05) is 25.1 Å². The van der Waals surface area contributed by atoms with Crippen LogP contribution in [0.2, 0.25) is 0 Å². The molecule has 0 N–H and O–H groups in total. The molecular weight excluding hydrogens is 401 g/mol. The van der Waals surface area contributed by atoms with Crippen LogP contribution in [0.3, 0.4) is 0 Å². The summed E-state index contributed by atoms with van der Waals surface area (Å²) in [5.74, 6) is 0. The van der Waals surface area contributed by atoms with Gasteiger partial charge in [0.1, 0.15) is 11.8 Å². The number of oxime groups is 1. The first-order valence-electron chi connectivity index (χ1n) is 8.25. The van der Waals surface area contributed by atoms with Gasteiger partial charge in [-0.2, -0.15) is 18.2 Å². The molecule has 1 aliphatic heterocycles. The maximum Gasteiger partial charge on any atom is 0.416 e. The molecule has 2 heterocycles. The summed E-state index contributed by atoms with van der Waals surface area (Å²) in [6.45, 7) is 0.997. The molecule has 0 bridgehead atoms. The Morgan fingerprint density at radius 3 is 2.71 bits per heavy atom. The molecule has 1 aliphatic rings. The molecule has 0 amide bonds. The largest absolute Gasteiger partial charge is 0.416 e. The highest BCUT2D eigenvalue weighted by atomic mass is 32.1. The van der Waals surface area contributed by atoms with E-state index < -0.39 is 33.3 Å². The average Bonchev–Trinajstić information content (AvgIpc) is 2.86. The van der Waals surface area contributed by atoms with Crippen LogP contribution in [0.4, 0.5) is 24.0 Å². The summed E-state index contributed by atoms with van der Waals surface area (Å²) in [5.41, 5.74) is -2.08. The number of fused-ring (bicyclic) bond motifs is 1. The van der Waals surface area contributed by atoms with Crippen LogP contribution in [0.25, 0.3) is 10.1 Å². The van der Waals surface area contributed by atoms with Gasteiger partial charge in [-0.1, -0.05) is 16.5 Å². The first kappa shape index (κ1) is 20.0. The van der Waals surface area contributed by atoms with E-state index in [1.54, 1.807) is 4.90 Å². The van der Waals surface area contributed by atoms with Crippen LogP contribution in [-0.2, 0) is 11.0 Å². The van der Waals surface area contributed by atoms with Gasteiger partial charge in [0.15, 0.2) is 5.13 Å². The zero-order chi connectivity index (χ0) is 20.5. The molecule has 150 valence electrons. The van der Waals surface area contributed by atoms with E-state index in [2.05, 4.69) is 10.1 Å². The van der Waals surface area contributed by atoms with Gasteiger partial charge in [0.25, 0.3) is 11.2 Å². The molecule has 1 fully saturated rings. The molecule has 0 unspecified atom stereocenters. The lowest BCUT2D eigenvalue weighted by Gasteiger charge is -2.20. The fourth-order valence-electron chi connectivity index (χ4n) is 2.96. The summed E-state index contributed by atoms with van der Waals surface area (Å²) in [7, 11) is 1.45. The topological polar surface area (TPSA) is 97.9 Å². The highest BCUT2D eigenvalue weighted by Crippen LogP contribution is 2.38. The zero-order valence-electron chi connectivity index (χ0n) is 14.7. The first-order valence-corrected chi connectivity index (χ1v) is 9.06. The molecule has 1 saturated heterocycles. The smallest absolute Gasteiger partial charge is 0.399 e. The molecule has 0 atom stereocenters. The number of alkyl halides is 3. The van der Waals surface area contributed by atoms with Gasteiger partial charge < -0.3 is 9.74 Å². The lowest BCUT2D eigenvalue weighted by atomic mass is 10.1. The highest BCUT2D eigenvalue weighted by Gasteiger charge is 2.34. The number of nitrogens with zero attached hydrogens (tertiary/aromatic N) is 4. The molecule has 1 aromatic heterocycles. The highest BCUT2D eigenvalue weighted by molar-refractivity contribution is 7.22. The van der Waals surface area contributed by atoms with E-state index in [0.717, 1.165) is 17.0 Å². The van der Waals surface area contributed by atoms with Gasteiger partial charge in [0, 0.05) is 25.6 Å². The number of hydrogen-bond donors (Lipinski definition) is 0. The second-order valence-electron chi connectivity index (χ2n) is 6.11. The molecular formula is C16H15F3N4O4S. The van der Waals surface area contributed by atoms with Crippen LogP contribution < -0.4 is 10.5 Å². The number of halogens is 3. The van der Waals surface area contributed by atoms with Crippen molar-refractivity contribution in [1.29, 1.82) is 0 Å². The second kappa shape index (κ2) is 7.70. The van der Waals surface area contributed by atoms with Crippen molar-refractivity contribution in [1.82, 2.24) is 4.98 Å². The molecule has 0 saturated carbocycles. The standard InChI is InChI=1S/C16H15F3N4O4S/c1-27-21-10-3-2-5-22(6-4-10)15-20-14(24)11-7-9(16(17,18)19)8-12(23(25)26)13(11)28-15/h7-8H,2-6H2,1H3/b21-10+. The number of benzene rings is 1. The van der Waals surface area contributed by atoms with Crippen LogP contribution in [0, 0.1) is 10.1 Å². The Kier molecular flexibility index (Phi) is 5.49. The summed E-state index contributed by atoms with van der Waals surface area (Å²) >= 11 is 0.840. The second-order valence-corrected chi connectivity index (χ2v) is 7.09. The van der Waals surface area contributed by atoms with E-state index in [-0.39, 0.29) is 9.83 Å². The number of anilines is 1. The van der Waals surface area contributed by atoms with Crippen LogP contribution in [-0.4, -0.2) is 35.8 Å². The average molecular weight is 416 g/mol. The summed E-state index contributed by atoms with van der Waals surface area (Å²) < 4.78 is 39.0. The van der Waals surface area contributed by atoms with Crippen molar-refractivity contribution in [2.24, 2.45) is 5.16 Å². The summed E-state index contributed by atoms with van der Waals surface area (Å²) in [5, 5.41) is 15.1. The number of nitro groups is 1. The quantitative estimate of drug-likeness (QED) is 0.560. The van der Waals surface area contributed by atoms with Crippen molar-refractivity contribution >= 4 is 38.0 Å². The number of rotatable bonds is 3. The molecule has 28 heavy (non-hydrogen) atoms. The SMILES string of the molecule is CO/N=C1\CCCN(c2nc(=O)c3cc(C(F)(F)F)cc([N+](=O)[O-])c3s2)CC1. The Balaban J connectivity index is 2.10. The van der Waals surface area contributed by atoms with Gasteiger partial charge in [-0.15, -0.1) is 0 Å². The van der Waals surface area contributed by atoms with Crippen molar-refractivity contribution in [3.8, 4) is 0 Å². The minimum Gasteiger partial charge on any atom is -0.399 e. The van der Waals surface area contributed by atoms with Crippen molar-refractivity contribution in [2.45, 2.75) is 25.4 Å². The molecule has 3 rings (SSSR count). The van der Waals surface area contributed by atoms with Crippen molar-refractivity contribution in [3.63, 3.8) is 0 Å². The van der Waals surface area contributed by atoms with Gasteiger partial charge in [0.2, 0.25) is 0 Å².